The molecule has 3 heterocycles. The Hall–Kier alpha value is -2.80. The lowest BCUT2D eigenvalue weighted by atomic mass is 9.95. The Morgan fingerprint density at radius 1 is 1.15 bits per heavy atom. The molecule has 1 aliphatic carbocycles. The number of aromatic nitrogens is 4. The lowest BCUT2D eigenvalue weighted by molar-refractivity contribution is 0.414. The lowest BCUT2D eigenvalue weighted by Gasteiger charge is -2.13. The van der Waals surface area contributed by atoms with E-state index in [1.165, 1.54) is 40.1 Å². The van der Waals surface area contributed by atoms with Crippen LogP contribution in [-0.4, -0.2) is 27.1 Å². The van der Waals surface area contributed by atoms with Gasteiger partial charge >= 0.3 is 0 Å². The van der Waals surface area contributed by atoms with E-state index in [0.29, 0.717) is 15.9 Å². The van der Waals surface area contributed by atoms with Crippen LogP contribution in [-0.2, 0) is 12.8 Å². The van der Waals surface area contributed by atoms with Gasteiger partial charge in [0.2, 0.25) is 0 Å². The van der Waals surface area contributed by atoms with E-state index in [0.717, 1.165) is 28.8 Å². The highest BCUT2D eigenvalue weighted by Gasteiger charge is 2.18. The summed E-state index contributed by atoms with van der Waals surface area (Å²) in [4.78, 5) is 18.7. The van der Waals surface area contributed by atoms with Gasteiger partial charge in [0.25, 0.3) is 5.56 Å². The average Bonchev–Trinajstić information content (AvgIpc) is 3.05. The Balaban J connectivity index is 1.72. The van der Waals surface area contributed by atoms with Crippen LogP contribution in [0.25, 0.3) is 26.1 Å². The number of nitrogens with zero attached hydrogens (tertiary/aromatic N) is 4. The van der Waals surface area contributed by atoms with Crippen molar-refractivity contribution in [3.05, 3.63) is 51.9 Å². The molecule has 0 spiro atoms. The van der Waals surface area contributed by atoms with Gasteiger partial charge in [-0.1, -0.05) is 5.21 Å². The predicted octanol–water partition coefficient (Wildman–Crippen LogP) is 3.28. The van der Waals surface area contributed by atoms with E-state index in [2.05, 4.69) is 16.4 Å². The van der Waals surface area contributed by atoms with E-state index in [9.17, 15) is 4.79 Å². The van der Waals surface area contributed by atoms with Gasteiger partial charge in [-0.15, -0.1) is 16.4 Å². The summed E-state index contributed by atoms with van der Waals surface area (Å²) in [5.41, 5.74) is 3.60. The van der Waals surface area contributed by atoms with Gasteiger partial charge in [0.1, 0.15) is 20.8 Å². The maximum atomic E-state index is 13.0. The third kappa shape index (κ3) is 2.31. The van der Waals surface area contributed by atoms with Gasteiger partial charge in [-0.25, -0.2) is 4.98 Å². The number of hydrogen-bond acceptors (Lipinski definition) is 6. The molecule has 0 fully saturated rings. The molecule has 3 aromatic heterocycles. The average molecular weight is 364 g/mol. The largest absolute Gasteiger partial charge is 0.497 e. The second-order valence-electron chi connectivity index (χ2n) is 6.44. The first kappa shape index (κ1) is 15.5. The van der Waals surface area contributed by atoms with Crippen molar-refractivity contribution in [2.45, 2.75) is 25.7 Å². The second kappa shape index (κ2) is 5.88. The standard InChI is InChI=1S/C19H16N4O2S/c1-25-13-8-6-12(7-9-13)23-19(24)17-16(21-22-23)14-10-11-4-2-3-5-15(11)20-18(14)26-17/h6-10H,2-5H2,1H3. The second-order valence-corrected chi connectivity index (χ2v) is 7.44. The zero-order valence-electron chi connectivity index (χ0n) is 14.2. The molecule has 1 aliphatic rings. The van der Waals surface area contributed by atoms with E-state index in [-0.39, 0.29) is 5.56 Å². The smallest absolute Gasteiger partial charge is 0.292 e. The fraction of sp³-hybridized carbons (Fsp3) is 0.263. The molecule has 5 rings (SSSR count). The fourth-order valence-electron chi connectivity index (χ4n) is 3.49. The number of pyridine rings is 1. The minimum atomic E-state index is -0.166. The van der Waals surface area contributed by atoms with Crippen molar-refractivity contribution in [2.75, 3.05) is 7.11 Å². The zero-order valence-corrected chi connectivity index (χ0v) is 15.0. The highest BCUT2D eigenvalue weighted by atomic mass is 32.1. The van der Waals surface area contributed by atoms with E-state index in [1.807, 2.05) is 0 Å². The maximum Gasteiger partial charge on any atom is 0.292 e. The van der Waals surface area contributed by atoms with Crippen LogP contribution >= 0.6 is 11.3 Å². The highest BCUT2D eigenvalue weighted by Crippen LogP contribution is 2.32. The normalized spacial score (nSPS) is 13.9. The molecule has 7 heteroatoms. The van der Waals surface area contributed by atoms with Gasteiger partial charge in [0, 0.05) is 11.1 Å². The molecule has 130 valence electrons. The molecule has 0 saturated heterocycles. The minimum Gasteiger partial charge on any atom is -0.497 e. The fourth-order valence-corrected chi connectivity index (χ4v) is 4.53. The number of thiophene rings is 1. The SMILES string of the molecule is COc1ccc(-n2nnc3c(sc4nc5c(cc43)CCCC5)c2=O)cc1. The molecule has 26 heavy (non-hydrogen) atoms. The summed E-state index contributed by atoms with van der Waals surface area (Å²) in [5, 5.41) is 9.45. The summed E-state index contributed by atoms with van der Waals surface area (Å²) >= 11 is 1.41. The summed E-state index contributed by atoms with van der Waals surface area (Å²) in [6, 6.07) is 9.35. The molecule has 4 aromatic rings. The molecule has 0 radical (unpaired) electrons. The van der Waals surface area contributed by atoms with Crippen molar-refractivity contribution in [2.24, 2.45) is 0 Å². The quantitative estimate of drug-likeness (QED) is 0.546. The molecule has 0 bridgehead atoms. The molecule has 0 atom stereocenters. The van der Waals surface area contributed by atoms with E-state index in [1.54, 1.807) is 31.4 Å². The van der Waals surface area contributed by atoms with Gasteiger partial charge in [-0.05, 0) is 61.6 Å². The number of methoxy groups -OCH3 is 1. The maximum absolute atomic E-state index is 13.0. The Morgan fingerprint density at radius 2 is 1.96 bits per heavy atom. The first-order valence-corrected chi connectivity index (χ1v) is 9.42. The van der Waals surface area contributed by atoms with Crippen LogP contribution < -0.4 is 10.3 Å². The molecule has 1 aromatic carbocycles. The highest BCUT2D eigenvalue weighted by molar-refractivity contribution is 7.25. The molecule has 0 amide bonds. The van der Waals surface area contributed by atoms with Gasteiger partial charge in [-0.2, -0.15) is 4.68 Å². The van der Waals surface area contributed by atoms with Gasteiger partial charge in [0.05, 0.1) is 12.8 Å². The number of benzene rings is 1. The number of fused-ring (bicyclic) bond motifs is 4. The summed E-state index contributed by atoms with van der Waals surface area (Å²) in [6.07, 6.45) is 4.44. The van der Waals surface area contributed by atoms with Crippen molar-refractivity contribution in [3.8, 4) is 11.4 Å². The van der Waals surface area contributed by atoms with E-state index < -0.39 is 0 Å². The van der Waals surface area contributed by atoms with Crippen molar-refractivity contribution in [3.63, 3.8) is 0 Å². The van der Waals surface area contributed by atoms with Crippen LogP contribution in [0.2, 0.25) is 0 Å². The topological polar surface area (TPSA) is 69.9 Å². The molecule has 0 unspecified atom stereocenters. The zero-order chi connectivity index (χ0) is 17.7. The van der Waals surface area contributed by atoms with Crippen molar-refractivity contribution in [1.29, 1.82) is 0 Å². The van der Waals surface area contributed by atoms with E-state index in [4.69, 9.17) is 9.72 Å². The molecule has 0 saturated carbocycles. The lowest BCUT2D eigenvalue weighted by Crippen LogP contribution is -2.21. The van der Waals surface area contributed by atoms with Gasteiger partial charge in [0.15, 0.2) is 0 Å². The number of aryl methyl sites for hydroxylation is 2. The van der Waals surface area contributed by atoms with Crippen molar-refractivity contribution in [1.82, 2.24) is 20.0 Å². The molecular formula is C19H16N4O2S. The summed E-state index contributed by atoms with van der Waals surface area (Å²) in [7, 11) is 1.61. The third-order valence-electron chi connectivity index (χ3n) is 4.87. The first-order valence-electron chi connectivity index (χ1n) is 8.60. The van der Waals surface area contributed by atoms with Crippen LogP contribution in [0.5, 0.6) is 5.75 Å². The van der Waals surface area contributed by atoms with Crippen LogP contribution in [0.4, 0.5) is 0 Å². The third-order valence-corrected chi connectivity index (χ3v) is 5.95. The van der Waals surface area contributed by atoms with Gasteiger partial charge < -0.3 is 4.74 Å². The predicted molar refractivity (Wildman–Crippen MR) is 102 cm³/mol. The summed E-state index contributed by atoms with van der Waals surface area (Å²) in [6.45, 7) is 0. The number of rotatable bonds is 2. The Bertz CT molecular complexity index is 1190. The summed E-state index contributed by atoms with van der Waals surface area (Å²) < 4.78 is 7.09. The number of ether oxygens (including phenoxy) is 1. The van der Waals surface area contributed by atoms with Crippen LogP contribution in [0.3, 0.4) is 0 Å². The first-order chi connectivity index (χ1) is 12.7. The Kier molecular flexibility index (Phi) is 3.49. The Morgan fingerprint density at radius 3 is 2.77 bits per heavy atom. The molecule has 0 aliphatic heterocycles. The van der Waals surface area contributed by atoms with Crippen LogP contribution in [0, 0.1) is 0 Å². The number of hydrogen-bond donors (Lipinski definition) is 0. The minimum absolute atomic E-state index is 0.166. The summed E-state index contributed by atoms with van der Waals surface area (Å²) in [5.74, 6) is 0.729. The monoisotopic (exact) mass is 364 g/mol. The van der Waals surface area contributed by atoms with Crippen molar-refractivity contribution >= 4 is 31.8 Å². The molecule has 0 N–H and O–H groups in total. The van der Waals surface area contributed by atoms with E-state index >= 15 is 0 Å². The molecule has 6 nitrogen and oxygen atoms in total. The van der Waals surface area contributed by atoms with Crippen molar-refractivity contribution < 1.29 is 4.74 Å². The van der Waals surface area contributed by atoms with Gasteiger partial charge in [-0.3, -0.25) is 4.79 Å². The van der Waals surface area contributed by atoms with Crippen LogP contribution in [0.1, 0.15) is 24.1 Å². The van der Waals surface area contributed by atoms with Crippen LogP contribution in [0.15, 0.2) is 35.1 Å². The Labute approximate surface area is 153 Å². The molecular weight excluding hydrogens is 348 g/mol.